The van der Waals surface area contributed by atoms with Crippen molar-refractivity contribution in [1.29, 1.82) is 5.26 Å². The molecule has 1 spiro atoms. The van der Waals surface area contributed by atoms with Gasteiger partial charge in [0.1, 0.15) is 18.1 Å². The molecular weight excluding hydrogens is 344 g/mol. The summed E-state index contributed by atoms with van der Waals surface area (Å²) in [5.74, 6) is 0.684. The predicted octanol–water partition coefficient (Wildman–Crippen LogP) is 2.35. The second-order valence-electron chi connectivity index (χ2n) is 7.29. The Bertz CT molecular complexity index is 920. The van der Waals surface area contributed by atoms with Crippen molar-refractivity contribution in [1.82, 2.24) is 14.9 Å². The standard InChI is InChI=1S/C20H18N4O3/c21-11-13-2-1-3-14(8-13)26-15-9-20(10-15)19(25)24-17(4-5-18(24)27-20)16-12-22-6-7-23-16/h1-3,6-8,12,15,17-18H,4-5,9-10H2/t15?,17-,18+,20?/m0/s1. The highest BCUT2D eigenvalue weighted by Crippen LogP contribution is 2.51. The lowest BCUT2D eigenvalue weighted by Crippen LogP contribution is -2.56. The van der Waals surface area contributed by atoms with E-state index in [1.807, 2.05) is 11.0 Å². The first-order valence-corrected chi connectivity index (χ1v) is 9.12. The first kappa shape index (κ1) is 16.2. The predicted molar refractivity (Wildman–Crippen MR) is 93.3 cm³/mol. The van der Waals surface area contributed by atoms with Crippen LogP contribution in [-0.4, -0.2) is 38.7 Å². The van der Waals surface area contributed by atoms with Gasteiger partial charge in [0.25, 0.3) is 5.91 Å². The van der Waals surface area contributed by atoms with E-state index >= 15 is 0 Å². The van der Waals surface area contributed by atoms with Gasteiger partial charge in [-0.05, 0) is 31.0 Å². The van der Waals surface area contributed by atoms with Gasteiger partial charge in [-0.3, -0.25) is 14.8 Å². The van der Waals surface area contributed by atoms with Gasteiger partial charge in [0.05, 0.1) is 29.6 Å². The third kappa shape index (κ3) is 2.56. The van der Waals surface area contributed by atoms with Crippen LogP contribution in [0.25, 0.3) is 0 Å². The molecule has 1 saturated carbocycles. The van der Waals surface area contributed by atoms with E-state index in [1.54, 1.807) is 36.8 Å². The molecule has 0 unspecified atom stereocenters. The Morgan fingerprint density at radius 2 is 2.19 bits per heavy atom. The van der Waals surface area contributed by atoms with Crippen molar-refractivity contribution in [3.63, 3.8) is 0 Å². The molecular formula is C20H18N4O3. The van der Waals surface area contributed by atoms with E-state index in [4.69, 9.17) is 14.7 Å². The number of hydrogen-bond donors (Lipinski definition) is 0. The van der Waals surface area contributed by atoms with Crippen LogP contribution in [0.15, 0.2) is 42.9 Å². The fourth-order valence-corrected chi connectivity index (χ4v) is 4.35. The SMILES string of the molecule is N#Cc1cccc(OC2CC3(C2)O[C@@H]2CC[C@@H](c4cnccn4)N2C3=O)c1. The first-order chi connectivity index (χ1) is 13.2. The number of ether oxygens (including phenoxy) is 2. The van der Waals surface area contributed by atoms with Gasteiger partial charge in [0, 0.05) is 25.2 Å². The van der Waals surface area contributed by atoms with E-state index in [1.165, 1.54) is 0 Å². The number of aromatic nitrogens is 2. The van der Waals surface area contributed by atoms with Crippen molar-refractivity contribution in [3.8, 4) is 11.8 Å². The van der Waals surface area contributed by atoms with E-state index in [9.17, 15) is 4.79 Å². The van der Waals surface area contributed by atoms with Crippen LogP contribution in [0, 0.1) is 11.3 Å². The van der Waals surface area contributed by atoms with Crippen molar-refractivity contribution in [2.24, 2.45) is 0 Å². The molecule has 0 bridgehead atoms. The van der Waals surface area contributed by atoms with Gasteiger partial charge in [-0.2, -0.15) is 5.26 Å². The highest BCUT2D eigenvalue weighted by atomic mass is 16.6. The van der Waals surface area contributed by atoms with Crippen LogP contribution >= 0.6 is 0 Å². The lowest BCUT2D eigenvalue weighted by Gasteiger charge is -2.42. The Morgan fingerprint density at radius 1 is 1.30 bits per heavy atom. The van der Waals surface area contributed by atoms with Crippen LogP contribution in [0.5, 0.6) is 5.75 Å². The fraction of sp³-hybridized carbons (Fsp3) is 0.400. The maximum Gasteiger partial charge on any atom is 0.257 e. The number of nitriles is 1. The highest BCUT2D eigenvalue weighted by Gasteiger charge is 2.63. The van der Waals surface area contributed by atoms with Crippen LogP contribution in [0.2, 0.25) is 0 Å². The Balaban J connectivity index is 1.28. The number of fused-ring (bicyclic) bond motifs is 1. The zero-order chi connectivity index (χ0) is 18.4. The molecule has 136 valence electrons. The summed E-state index contributed by atoms with van der Waals surface area (Å²) in [6, 6.07) is 9.10. The highest BCUT2D eigenvalue weighted by molar-refractivity contribution is 5.89. The van der Waals surface area contributed by atoms with Crippen LogP contribution in [0.3, 0.4) is 0 Å². The molecule has 1 aromatic heterocycles. The minimum atomic E-state index is -0.775. The summed E-state index contributed by atoms with van der Waals surface area (Å²) >= 11 is 0. The molecule has 3 heterocycles. The van der Waals surface area contributed by atoms with Gasteiger partial charge >= 0.3 is 0 Å². The van der Waals surface area contributed by atoms with Gasteiger partial charge in [-0.1, -0.05) is 6.07 Å². The number of amides is 1. The zero-order valence-corrected chi connectivity index (χ0v) is 14.6. The molecule has 1 aromatic carbocycles. The Labute approximate surface area is 156 Å². The Kier molecular flexibility index (Phi) is 3.62. The van der Waals surface area contributed by atoms with Crippen LogP contribution < -0.4 is 4.74 Å². The minimum Gasteiger partial charge on any atom is -0.490 e. The lowest BCUT2D eigenvalue weighted by molar-refractivity contribution is -0.162. The maximum absolute atomic E-state index is 13.1. The number of nitrogens with zero attached hydrogens (tertiary/aromatic N) is 4. The molecule has 0 N–H and O–H groups in total. The van der Waals surface area contributed by atoms with Gasteiger partial charge in [-0.15, -0.1) is 0 Å². The molecule has 0 radical (unpaired) electrons. The lowest BCUT2D eigenvalue weighted by atomic mass is 9.76. The van der Waals surface area contributed by atoms with E-state index in [2.05, 4.69) is 16.0 Å². The number of hydrogen-bond acceptors (Lipinski definition) is 6. The topological polar surface area (TPSA) is 88.3 Å². The third-order valence-corrected chi connectivity index (χ3v) is 5.62. The monoisotopic (exact) mass is 362 g/mol. The van der Waals surface area contributed by atoms with Crippen molar-refractivity contribution in [2.45, 2.75) is 49.7 Å². The molecule has 2 aromatic rings. The van der Waals surface area contributed by atoms with E-state index in [0.29, 0.717) is 24.2 Å². The molecule has 2 saturated heterocycles. The average molecular weight is 362 g/mol. The van der Waals surface area contributed by atoms with E-state index < -0.39 is 5.60 Å². The second kappa shape index (κ2) is 6.03. The fourth-order valence-electron chi connectivity index (χ4n) is 4.35. The molecule has 1 amide bonds. The summed E-state index contributed by atoms with van der Waals surface area (Å²) in [6.45, 7) is 0. The third-order valence-electron chi connectivity index (χ3n) is 5.62. The van der Waals surface area contributed by atoms with Gasteiger partial charge in [-0.25, -0.2) is 0 Å². The number of carbonyl (C=O) groups excluding carboxylic acids is 1. The smallest absolute Gasteiger partial charge is 0.257 e. The summed E-state index contributed by atoms with van der Waals surface area (Å²) in [4.78, 5) is 23.5. The summed E-state index contributed by atoms with van der Waals surface area (Å²) in [6.07, 6.45) is 7.45. The van der Waals surface area contributed by atoms with Crippen LogP contribution in [-0.2, 0) is 9.53 Å². The summed E-state index contributed by atoms with van der Waals surface area (Å²) in [5.41, 5.74) is 0.597. The summed E-state index contributed by atoms with van der Waals surface area (Å²) < 4.78 is 12.1. The molecule has 7 heteroatoms. The largest absolute Gasteiger partial charge is 0.490 e. The summed E-state index contributed by atoms with van der Waals surface area (Å²) in [7, 11) is 0. The number of rotatable bonds is 3. The van der Waals surface area contributed by atoms with Crippen molar-refractivity contribution in [2.75, 3.05) is 0 Å². The maximum atomic E-state index is 13.1. The van der Waals surface area contributed by atoms with Gasteiger partial charge in [0.15, 0.2) is 5.60 Å². The Morgan fingerprint density at radius 3 is 2.96 bits per heavy atom. The molecule has 2 atom stereocenters. The average Bonchev–Trinajstić information content (AvgIpc) is 3.21. The molecule has 3 aliphatic rings. The number of carbonyl (C=O) groups is 1. The van der Waals surface area contributed by atoms with Crippen LogP contribution in [0.4, 0.5) is 0 Å². The second-order valence-corrected chi connectivity index (χ2v) is 7.29. The van der Waals surface area contributed by atoms with Crippen molar-refractivity contribution >= 4 is 5.91 Å². The normalized spacial score (nSPS) is 31.4. The van der Waals surface area contributed by atoms with E-state index in [-0.39, 0.29) is 24.3 Å². The van der Waals surface area contributed by atoms with Crippen molar-refractivity contribution < 1.29 is 14.3 Å². The summed E-state index contributed by atoms with van der Waals surface area (Å²) in [5, 5.41) is 8.99. The molecule has 3 fully saturated rings. The molecule has 5 rings (SSSR count). The van der Waals surface area contributed by atoms with Crippen LogP contribution in [0.1, 0.15) is 43.0 Å². The first-order valence-electron chi connectivity index (χ1n) is 9.12. The van der Waals surface area contributed by atoms with Crippen molar-refractivity contribution in [3.05, 3.63) is 54.1 Å². The molecule has 1 aliphatic carbocycles. The zero-order valence-electron chi connectivity index (χ0n) is 14.6. The molecule has 2 aliphatic heterocycles. The number of benzene rings is 1. The van der Waals surface area contributed by atoms with Gasteiger partial charge < -0.3 is 14.4 Å². The quantitative estimate of drug-likeness (QED) is 0.833. The molecule has 27 heavy (non-hydrogen) atoms. The molecule has 7 nitrogen and oxygen atoms in total. The van der Waals surface area contributed by atoms with E-state index in [0.717, 1.165) is 18.5 Å². The Hall–Kier alpha value is -2.98. The van der Waals surface area contributed by atoms with Gasteiger partial charge in [0.2, 0.25) is 0 Å². The minimum absolute atomic E-state index is 0.0336.